The van der Waals surface area contributed by atoms with E-state index in [9.17, 15) is 9.59 Å². The lowest BCUT2D eigenvalue weighted by Gasteiger charge is -2.08. The van der Waals surface area contributed by atoms with Crippen LogP contribution in [-0.4, -0.2) is 41.3 Å². The van der Waals surface area contributed by atoms with E-state index in [1.807, 2.05) is 54.2 Å². The summed E-state index contributed by atoms with van der Waals surface area (Å²) in [7, 11) is 4.15. The Labute approximate surface area is 173 Å². The van der Waals surface area contributed by atoms with Gasteiger partial charge in [0.05, 0.1) is 0 Å². The molecule has 0 radical (unpaired) electrons. The van der Waals surface area contributed by atoms with Crippen molar-refractivity contribution in [2.24, 2.45) is 0 Å². The normalized spacial score (nSPS) is 12.7. The first kappa shape index (κ1) is 20.9. The number of nitrogens with one attached hydrogen (secondary N) is 2. The molecule has 5 nitrogen and oxygen atoms in total. The number of hydrogen-bond donors (Lipinski definition) is 2. The molecular formula is C23H25N3O2S. The summed E-state index contributed by atoms with van der Waals surface area (Å²) >= 11 is 1.89. The molecule has 29 heavy (non-hydrogen) atoms. The molecule has 0 saturated heterocycles. The van der Waals surface area contributed by atoms with Crippen molar-refractivity contribution in [2.45, 2.75) is 5.75 Å². The highest BCUT2D eigenvalue weighted by atomic mass is 32.2. The molecule has 3 aromatic rings. The zero-order valence-corrected chi connectivity index (χ0v) is 17.5. The maximum absolute atomic E-state index is 12.4. The Bertz CT molecular complexity index is 1160. The van der Waals surface area contributed by atoms with Crippen LogP contribution in [0.3, 0.4) is 0 Å². The van der Waals surface area contributed by atoms with E-state index >= 15 is 0 Å². The Hall–Kier alpha value is -2.83. The zero-order valence-electron chi connectivity index (χ0n) is 16.6. The van der Waals surface area contributed by atoms with E-state index in [4.69, 9.17) is 0 Å². The molecule has 0 aliphatic rings. The van der Waals surface area contributed by atoms with Gasteiger partial charge >= 0.3 is 0 Å². The minimum Gasteiger partial charge on any atom is -0.316 e. The lowest BCUT2D eigenvalue weighted by atomic mass is 10.1. The van der Waals surface area contributed by atoms with Crippen molar-refractivity contribution in [2.75, 3.05) is 26.4 Å². The first-order valence-corrected chi connectivity index (χ1v) is 10.6. The molecule has 2 aromatic carbocycles. The summed E-state index contributed by atoms with van der Waals surface area (Å²) in [6.45, 7) is 1.06. The third-order valence-electron chi connectivity index (χ3n) is 4.34. The maximum Gasteiger partial charge on any atom is 0.272 e. The average Bonchev–Trinajstić information content (AvgIpc) is 2.71. The van der Waals surface area contributed by atoms with Gasteiger partial charge in [0.25, 0.3) is 11.1 Å². The van der Waals surface area contributed by atoms with Gasteiger partial charge in [-0.15, -0.1) is 0 Å². The van der Waals surface area contributed by atoms with Gasteiger partial charge < -0.3 is 14.9 Å². The van der Waals surface area contributed by atoms with Crippen LogP contribution in [0, 0.1) is 0 Å². The summed E-state index contributed by atoms with van der Waals surface area (Å²) in [5.41, 5.74) is 2.31. The third kappa shape index (κ3) is 6.34. The molecule has 0 fully saturated rings. The quantitative estimate of drug-likeness (QED) is 0.583. The van der Waals surface area contributed by atoms with Crippen LogP contribution < -0.4 is 21.8 Å². The van der Waals surface area contributed by atoms with Gasteiger partial charge in [-0.3, -0.25) is 9.59 Å². The van der Waals surface area contributed by atoms with Crippen molar-refractivity contribution < 1.29 is 0 Å². The molecule has 0 unspecified atom stereocenters. The third-order valence-corrected chi connectivity index (χ3v) is 5.35. The van der Waals surface area contributed by atoms with Crippen LogP contribution in [0.15, 0.2) is 64.2 Å². The van der Waals surface area contributed by atoms with Crippen LogP contribution in [0.1, 0.15) is 16.7 Å². The molecule has 0 aliphatic heterocycles. The first-order valence-electron chi connectivity index (χ1n) is 9.44. The van der Waals surface area contributed by atoms with Crippen molar-refractivity contribution in [3.63, 3.8) is 0 Å². The molecule has 0 amide bonds. The molecule has 3 rings (SSSR count). The van der Waals surface area contributed by atoms with Crippen LogP contribution in [0.2, 0.25) is 0 Å². The number of hydrogen-bond acceptors (Lipinski definition) is 4. The number of nitrogens with zero attached hydrogens (tertiary/aromatic N) is 1. The summed E-state index contributed by atoms with van der Waals surface area (Å²) < 4.78 is 0. The van der Waals surface area contributed by atoms with E-state index in [2.05, 4.69) is 41.1 Å². The summed E-state index contributed by atoms with van der Waals surface area (Å²) in [6.07, 6.45) is 3.35. The van der Waals surface area contributed by atoms with Crippen LogP contribution >= 0.6 is 11.8 Å². The molecule has 0 bridgehead atoms. The highest BCUT2D eigenvalue weighted by molar-refractivity contribution is 7.98. The highest BCUT2D eigenvalue weighted by Gasteiger charge is 1.99. The largest absolute Gasteiger partial charge is 0.316 e. The van der Waals surface area contributed by atoms with Gasteiger partial charge in [-0.1, -0.05) is 54.6 Å². The maximum atomic E-state index is 12.4. The second kappa shape index (κ2) is 10.1. The Morgan fingerprint density at radius 1 is 0.828 bits per heavy atom. The summed E-state index contributed by atoms with van der Waals surface area (Å²) in [4.78, 5) is 32.3. The molecular weight excluding hydrogens is 382 g/mol. The van der Waals surface area contributed by atoms with Gasteiger partial charge in [0.1, 0.15) is 10.7 Å². The second-order valence-electron chi connectivity index (χ2n) is 7.03. The van der Waals surface area contributed by atoms with Crippen molar-refractivity contribution in [3.05, 3.63) is 103 Å². The summed E-state index contributed by atoms with van der Waals surface area (Å²) in [6, 6.07) is 17.4. The number of aromatic amines is 2. The van der Waals surface area contributed by atoms with Crippen molar-refractivity contribution in [3.8, 4) is 0 Å². The molecule has 0 atom stereocenters. The lowest BCUT2D eigenvalue weighted by Crippen LogP contribution is -2.46. The standard InChI is InChI=1S/C23H25N3O2S/c1-26(2)12-13-29-16-19-10-8-18(9-11-19)15-21-23(28)24-20(22(27)25-21)14-17-6-4-3-5-7-17/h3-11,14-15H,12-13,16H2,1-2H3,(H,24,28)(H,25,27). The molecule has 6 heteroatoms. The fourth-order valence-corrected chi connectivity index (χ4v) is 3.79. The lowest BCUT2D eigenvalue weighted by molar-refractivity contribution is 0.437. The van der Waals surface area contributed by atoms with Crippen LogP contribution in [0.25, 0.3) is 12.2 Å². The smallest absolute Gasteiger partial charge is 0.272 e. The van der Waals surface area contributed by atoms with Gasteiger partial charge in [-0.05, 0) is 42.9 Å². The Morgan fingerprint density at radius 2 is 1.38 bits per heavy atom. The van der Waals surface area contributed by atoms with Gasteiger partial charge in [0.15, 0.2) is 0 Å². The minimum absolute atomic E-state index is 0.239. The number of H-pyrrole nitrogens is 2. The number of benzene rings is 2. The Morgan fingerprint density at radius 3 is 1.93 bits per heavy atom. The van der Waals surface area contributed by atoms with E-state index < -0.39 is 0 Å². The monoisotopic (exact) mass is 407 g/mol. The fraction of sp³-hybridized carbons (Fsp3) is 0.217. The molecule has 2 N–H and O–H groups in total. The van der Waals surface area contributed by atoms with Gasteiger partial charge in [0, 0.05) is 18.1 Å². The molecule has 0 saturated carbocycles. The molecule has 150 valence electrons. The SMILES string of the molecule is CN(C)CCSCc1ccc(C=c2[nH]c(=O)c(=Cc3ccccc3)[nH]c2=O)cc1. The highest BCUT2D eigenvalue weighted by Crippen LogP contribution is 2.13. The van der Waals surface area contributed by atoms with Crippen LogP contribution in [0.5, 0.6) is 0 Å². The first-order chi connectivity index (χ1) is 14.0. The Balaban J connectivity index is 1.78. The minimum atomic E-state index is -0.325. The number of rotatable bonds is 7. The van der Waals surface area contributed by atoms with Gasteiger partial charge in [-0.25, -0.2) is 0 Å². The van der Waals surface area contributed by atoms with Crippen molar-refractivity contribution in [1.82, 2.24) is 14.9 Å². The van der Waals surface area contributed by atoms with E-state index in [1.165, 1.54) is 5.56 Å². The van der Waals surface area contributed by atoms with Gasteiger partial charge in [0.2, 0.25) is 0 Å². The summed E-state index contributed by atoms with van der Waals surface area (Å²) in [5.74, 6) is 2.04. The topological polar surface area (TPSA) is 69.0 Å². The van der Waals surface area contributed by atoms with E-state index in [-0.39, 0.29) is 21.8 Å². The predicted molar refractivity (Wildman–Crippen MR) is 122 cm³/mol. The molecule has 0 spiro atoms. The average molecular weight is 408 g/mol. The number of thioether (sulfide) groups is 1. The predicted octanol–water partition coefficient (Wildman–Crippen LogP) is 1.52. The van der Waals surface area contributed by atoms with E-state index in [1.54, 1.807) is 12.2 Å². The zero-order chi connectivity index (χ0) is 20.6. The van der Waals surface area contributed by atoms with Crippen molar-refractivity contribution in [1.29, 1.82) is 0 Å². The van der Waals surface area contributed by atoms with E-state index in [0.29, 0.717) is 0 Å². The van der Waals surface area contributed by atoms with E-state index in [0.717, 1.165) is 29.2 Å². The molecule has 1 aromatic heterocycles. The van der Waals surface area contributed by atoms with Crippen LogP contribution in [-0.2, 0) is 5.75 Å². The van der Waals surface area contributed by atoms with Crippen molar-refractivity contribution >= 4 is 23.9 Å². The Kier molecular flexibility index (Phi) is 7.27. The molecule has 1 heterocycles. The number of aromatic nitrogens is 2. The van der Waals surface area contributed by atoms with Gasteiger partial charge in [-0.2, -0.15) is 11.8 Å². The summed E-state index contributed by atoms with van der Waals surface area (Å²) in [5, 5.41) is 0.483. The fourth-order valence-electron chi connectivity index (χ4n) is 2.73. The molecule has 0 aliphatic carbocycles. The van der Waals surface area contributed by atoms with Crippen LogP contribution in [0.4, 0.5) is 0 Å². The second-order valence-corrected chi connectivity index (χ2v) is 8.14.